The summed E-state index contributed by atoms with van der Waals surface area (Å²) in [5.74, 6) is 1.05. The van der Waals surface area contributed by atoms with Crippen LogP contribution in [0.3, 0.4) is 0 Å². The Hall–Kier alpha value is -2.04. The highest BCUT2D eigenvalue weighted by atomic mass is 35.5. The molecule has 2 aromatic carbocycles. The third kappa shape index (κ3) is 3.44. The number of fused-ring (bicyclic) bond motifs is 1. The molecule has 0 bridgehead atoms. The third-order valence-electron chi connectivity index (χ3n) is 5.47. The van der Waals surface area contributed by atoms with E-state index in [1.54, 1.807) is 0 Å². The smallest absolute Gasteiger partial charge is 0.128 e. The van der Waals surface area contributed by atoms with E-state index in [-0.39, 0.29) is 5.54 Å². The number of piperidine rings is 1. The molecule has 4 rings (SSSR count). The largest absolute Gasteiger partial charge is 0.371 e. The van der Waals surface area contributed by atoms with E-state index in [4.69, 9.17) is 16.6 Å². The van der Waals surface area contributed by atoms with Gasteiger partial charge in [0, 0.05) is 24.7 Å². The van der Waals surface area contributed by atoms with Crippen molar-refractivity contribution in [2.45, 2.75) is 31.8 Å². The molecule has 26 heavy (non-hydrogen) atoms. The summed E-state index contributed by atoms with van der Waals surface area (Å²) < 4.78 is 0. The van der Waals surface area contributed by atoms with Gasteiger partial charge in [-0.2, -0.15) is 0 Å². The van der Waals surface area contributed by atoms with Crippen molar-refractivity contribution in [1.82, 2.24) is 10.2 Å². The van der Waals surface area contributed by atoms with E-state index in [0.717, 1.165) is 61.3 Å². The third-order valence-corrected chi connectivity index (χ3v) is 5.70. The number of halogens is 1. The highest BCUT2D eigenvalue weighted by Gasteiger charge is 2.41. The predicted octanol–water partition coefficient (Wildman–Crippen LogP) is 4.44. The van der Waals surface area contributed by atoms with Crippen LogP contribution in [0.4, 0.5) is 11.4 Å². The molecule has 0 amide bonds. The van der Waals surface area contributed by atoms with Gasteiger partial charge in [0.05, 0.1) is 16.9 Å². The van der Waals surface area contributed by atoms with Crippen molar-refractivity contribution in [3.63, 3.8) is 0 Å². The molecule has 0 unspecified atom stereocenters. The van der Waals surface area contributed by atoms with Crippen LogP contribution in [0.2, 0.25) is 5.02 Å². The number of likely N-dealkylation sites (tertiary alicyclic amines) is 1. The minimum absolute atomic E-state index is 0.113. The Kier molecular flexibility index (Phi) is 4.88. The van der Waals surface area contributed by atoms with Crippen molar-refractivity contribution < 1.29 is 0 Å². The molecular weight excluding hydrogens is 344 g/mol. The summed E-state index contributed by atoms with van der Waals surface area (Å²) >= 11 is 6.13. The molecule has 2 aliphatic heterocycles. The monoisotopic (exact) mass is 368 g/mol. The van der Waals surface area contributed by atoms with Crippen molar-refractivity contribution in [2.24, 2.45) is 4.99 Å². The number of benzene rings is 2. The summed E-state index contributed by atoms with van der Waals surface area (Å²) in [7, 11) is 0. The molecule has 0 aromatic heterocycles. The van der Waals surface area contributed by atoms with E-state index in [9.17, 15) is 0 Å². The molecule has 1 fully saturated rings. The van der Waals surface area contributed by atoms with Gasteiger partial charge in [0.15, 0.2) is 0 Å². The molecule has 0 atom stereocenters. The van der Waals surface area contributed by atoms with E-state index < -0.39 is 0 Å². The summed E-state index contributed by atoms with van der Waals surface area (Å²) in [6.07, 6.45) is 2.10. The van der Waals surface area contributed by atoms with Crippen LogP contribution >= 0.6 is 11.6 Å². The molecule has 4 nitrogen and oxygen atoms in total. The first-order valence-corrected chi connectivity index (χ1v) is 9.73. The number of rotatable bonds is 3. The quantitative estimate of drug-likeness (QED) is 0.841. The average Bonchev–Trinajstić information content (AvgIpc) is 2.67. The Labute approximate surface area is 160 Å². The van der Waals surface area contributed by atoms with Crippen LogP contribution in [-0.2, 0) is 6.54 Å². The normalized spacial score (nSPS) is 18.8. The molecule has 2 aromatic rings. The summed E-state index contributed by atoms with van der Waals surface area (Å²) in [5.41, 5.74) is 3.19. The van der Waals surface area contributed by atoms with Crippen LogP contribution in [0.5, 0.6) is 0 Å². The second-order valence-corrected chi connectivity index (χ2v) is 7.54. The predicted molar refractivity (Wildman–Crippen MR) is 110 cm³/mol. The molecule has 0 radical (unpaired) electrons. The van der Waals surface area contributed by atoms with Crippen LogP contribution < -0.4 is 10.6 Å². The molecule has 0 aliphatic carbocycles. The van der Waals surface area contributed by atoms with Crippen molar-refractivity contribution in [3.8, 4) is 0 Å². The number of para-hydroxylation sites is 2. The fraction of sp³-hybridized carbons (Fsp3) is 0.381. The van der Waals surface area contributed by atoms with Gasteiger partial charge in [-0.15, -0.1) is 0 Å². The fourth-order valence-corrected chi connectivity index (χ4v) is 4.09. The Morgan fingerprint density at radius 3 is 2.73 bits per heavy atom. The number of amidine groups is 1. The van der Waals surface area contributed by atoms with Crippen LogP contribution in [0.25, 0.3) is 0 Å². The van der Waals surface area contributed by atoms with Crippen molar-refractivity contribution in [2.75, 3.05) is 25.0 Å². The van der Waals surface area contributed by atoms with Crippen molar-refractivity contribution >= 4 is 28.8 Å². The Morgan fingerprint density at radius 1 is 1.15 bits per heavy atom. The SMILES string of the molecule is CCN1CCC2(CC1)Nc1ccccc1N=C2NCc1cccc(Cl)c1. The number of hydrogen-bond donors (Lipinski definition) is 2. The minimum Gasteiger partial charge on any atom is -0.371 e. The van der Waals surface area contributed by atoms with Crippen LogP contribution in [0.1, 0.15) is 25.3 Å². The zero-order chi connectivity index (χ0) is 18.0. The van der Waals surface area contributed by atoms with Gasteiger partial charge in [-0.3, -0.25) is 0 Å². The van der Waals surface area contributed by atoms with Gasteiger partial charge in [0.25, 0.3) is 0 Å². The number of anilines is 1. The van der Waals surface area contributed by atoms with E-state index >= 15 is 0 Å². The Bertz CT molecular complexity index is 809. The summed E-state index contributed by atoms with van der Waals surface area (Å²) in [5, 5.41) is 8.19. The number of nitrogens with one attached hydrogen (secondary N) is 2. The zero-order valence-corrected chi connectivity index (χ0v) is 15.9. The molecule has 2 heterocycles. The zero-order valence-electron chi connectivity index (χ0n) is 15.1. The maximum absolute atomic E-state index is 6.13. The second kappa shape index (κ2) is 7.29. The summed E-state index contributed by atoms with van der Waals surface area (Å²) in [6, 6.07) is 16.3. The van der Waals surface area contributed by atoms with Gasteiger partial charge in [0.2, 0.25) is 0 Å². The standard InChI is InChI=1S/C21H25ClN4/c1-2-26-12-10-21(11-13-26)20(23-15-16-6-5-7-17(22)14-16)24-18-8-3-4-9-19(18)25-21/h3-9,14,25H,2,10-13,15H2,1H3,(H,23,24). The lowest BCUT2D eigenvalue weighted by Gasteiger charge is -2.45. The number of nitrogens with zero attached hydrogens (tertiary/aromatic N) is 2. The maximum Gasteiger partial charge on any atom is 0.128 e. The van der Waals surface area contributed by atoms with Gasteiger partial charge < -0.3 is 15.5 Å². The second-order valence-electron chi connectivity index (χ2n) is 7.10. The van der Waals surface area contributed by atoms with Gasteiger partial charge in [-0.25, -0.2) is 4.99 Å². The molecule has 5 heteroatoms. The summed E-state index contributed by atoms with van der Waals surface area (Å²) in [6.45, 7) is 6.23. The fourth-order valence-electron chi connectivity index (χ4n) is 3.88. The van der Waals surface area contributed by atoms with E-state index in [2.05, 4.69) is 46.7 Å². The number of hydrogen-bond acceptors (Lipinski definition) is 4. The first kappa shape index (κ1) is 17.4. The lowest BCUT2D eigenvalue weighted by molar-refractivity contribution is 0.208. The lowest BCUT2D eigenvalue weighted by atomic mass is 9.84. The first-order chi connectivity index (χ1) is 12.7. The topological polar surface area (TPSA) is 39.7 Å². The summed E-state index contributed by atoms with van der Waals surface area (Å²) in [4.78, 5) is 7.50. The van der Waals surface area contributed by atoms with E-state index in [1.165, 1.54) is 5.56 Å². The Morgan fingerprint density at radius 2 is 1.96 bits per heavy atom. The minimum atomic E-state index is -0.113. The molecule has 1 spiro atoms. The lowest BCUT2D eigenvalue weighted by Crippen LogP contribution is -2.59. The highest BCUT2D eigenvalue weighted by molar-refractivity contribution is 6.30. The van der Waals surface area contributed by atoms with Crippen molar-refractivity contribution in [3.05, 3.63) is 59.1 Å². The molecule has 2 N–H and O–H groups in total. The number of aliphatic imine (C=N–C) groups is 1. The van der Waals surface area contributed by atoms with Crippen LogP contribution in [0, 0.1) is 0 Å². The van der Waals surface area contributed by atoms with Gasteiger partial charge in [-0.05, 0) is 49.2 Å². The van der Waals surface area contributed by atoms with Crippen molar-refractivity contribution in [1.29, 1.82) is 0 Å². The van der Waals surface area contributed by atoms with Crippen LogP contribution in [0.15, 0.2) is 53.5 Å². The maximum atomic E-state index is 6.13. The first-order valence-electron chi connectivity index (χ1n) is 9.35. The molecule has 2 aliphatic rings. The van der Waals surface area contributed by atoms with Gasteiger partial charge in [-0.1, -0.05) is 42.8 Å². The molecular formula is C21H25ClN4. The highest BCUT2D eigenvalue weighted by Crippen LogP contribution is 2.37. The Balaban J connectivity index is 1.60. The average molecular weight is 369 g/mol. The molecule has 0 saturated carbocycles. The van der Waals surface area contributed by atoms with Crippen LogP contribution in [-0.4, -0.2) is 35.9 Å². The molecule has 1 saturated heterocycles. The van der Waals surface area contributed by atoms with E-state index in [0.29, 0.717) is 0 Å². The van der Waals surface area contributed by atoms with Gasteiger partial charge >= 0.3 is 0 Å². The van der Waals surface area contributed by atoms with Gasteiger partial charge in [0.1, 0.15) is 5.84 Å². The molecule has 136 valence electrons. The van der Waals surface area contributed by atoms with E-state index in [1.807, 2.05) is 24.3 Å².